The molecule has 0 saturated carbocycles. The molecule has 1 heterocycles. The minimum Gasteiger partial charge on any atom is -0.345 e. The highest BCUT2D eigenvalue weighted by Crippen LogP contribution is 2.25. The van der Waals surface area contributed by atoms with Crippen LogP contribution in [-0.2, 0) is 6.54 Å². The highest BCUT2D eigenvalue weighted by molar-refractivity contribution is 7.13. The topological polar surface area (TPSA) is 53.5 Å². The lowest BCUT2D eigenvalue weighted by molar-refractivity contribution is 0.0746. The maximum Gasteiger partial charge on any atom is 0.273 e. The average Bonchev–Trinajstić information content (AvgIpc) is 3.22. The van der Waals surface area contributed by atoms with Gasteiger partial charge < -0.3 is 9.80 Å². The van der Waals surface area contributed by atoms with Gasteiger partial charge in [-0.3, -0.25) is 9.59 Å². The average molecular weight is 408 g/mol. The fourth-order valence-corrected chi connectivity index (χ4v) is 3.72. The van der Waals surface area contributed by atoms with Crippen molar-refractivity contribution in [2.24, 2.45) is 0 Å². The van der Waals surface area contributed by atoms with Gasteiger partial charge in [-0.25, -0.2) is 4.98 Å². The van der Waals surface area contributed by atoms with Crippen LogP contribution in [0.25, 0.3) is 10.6 Å². The van der Waals surface area contributed by atoms with E-state index in [0.29, 0.717) is 24.3 Å². The molecule has 3 aromatic rings. The van der Waals surface area contributed by atoms with Crippen LogP contribution in [0.2, 0.25) is 0 Å². The highest BCUT2D eigenvalue weighted by Gasteiger charge is 2.18. The third kappa shape index (κ3) is 4.90. The molecule has 5 nitrogen and oxygen atoms in total. The molecule has 6 heteroatoms. The van der Waals surface area contributed by atoms with E-state index in [1.165, 1.54) is 16.9 Å². The van der Waals surface area contributed by atoms with Crippen molar-refractivity contribution in [2.45, 2.75) is 20.4 Å². The molecule has 0 spiro atoms. The molecule has 0 fully saturated rings. The Labute approximate surface area is 175 Å². The van der Waals surface area contributed by atoms with E-state index in [1.807, 2.05) is 55.6 Å². The first-order chi connectivity index (χ1) is 13.9. The fraction of sp³-hybridized carbons (Fsp3) is 0.261. The van der Waals surface area contributed by atoms with Gasteiger partial charge in [0, 0.05) is 43.7 Å². The molecule has 0 saturated heterocycles. The highest BCUT2D eigenvalue weighted by atomic mass is 32.1. The van der Waals surface area contributed by atoms with Crippen LogP contribution < -0.4 is 0 Å². The van der Waals surface area contributed by atoms with Crippen LogP contribution in [0.4, 0.5) is 0 Å². The third-order valence-corrected chi connectivity index (χ3v) is 5.56. The van der Waals surface area contributed by atoms with Gasteiger partial charge in [0.05, 0.1) is 0 Å². The number of thiazole rings is 1. The van der Waals surface area contributed by atoms with Crippen LogP contribution in [0.3, 0.4) is 0 Å². The Hall–Kier alpha value is -2.99. The van der Waals surface area contributed by atoms with Crippen molar-refractivity contribution >= 4 is 23.2 Å². The molecule has 0 aliphatic heterocycles. The van der Waals surface area contributed by atoms with Gasteiger partial charge in [0.2, 0.25) is 0 Å². The molecule has 0 aliphatic carbocycles. The molecular formula is C23H25N3O2S. The summed E-state index contributed by atoms with van der Waals surface area (Å²) in [6.45, 7) is 5.05. The first-order valence-electron chi connectivity index (χ1n) is 9.51. The van der Waals surface area contributed by atoms with Crippen molar-refractivity contribution in [3.8, 4) is 10.6 Å². The van der Waals surface area contributed by atoms with Gasteiger partial charge in [0.25, 0.3) is 11.8 Å². The number of carbonyl (C=O) groups excluding carboxylic acids is 2. The number of hydrogen-bond donors (Lipinski definition) is 0. The molecule has 0 aliphatic rings. The fourth-order valence-electron chi connectivity index (χ4n) is 2.92. The molecule has 0 radical (unpaired) electrons. The molecule has 0 atom stereocenters. The minimum atomic E-state index is -0.0874. The number of carbonyl (C=O) groups is 2. The lowest BCUT2D eigenvalue weighted by Crippen LogP contribution is -2.30. The van der Waals surface area contributed by atoms with Gasteiger partial charge >= 0.3 is 0 Å². The van der Waals surface area contributed by atoms with Gasteiger partial charge in [-0.15, -0.1) is 11.3 Å². The summed E-state index contributed by atoms with van der Waals surface area (Å²) in [4.78, 5) is 32.8. The van der Waals surface area contributed by atoms with Gasteiger partial charge in [0.1, 0.15) is 10.7 Å². The Morgan fingerprint density at radius 2 is 1.62 bits per heavy atom. The first kappa shape index (κ1) is 20.7. The van der Waals surface area contributed by atoms with Crippen molar-refractivity contribution in [2.75, 3.05) is 20.6 Å². The lowest BCUT2D eigenvalue weighted by atomic mass is 10.1. The Morgan fingerprint density at radius 3 is 2.21 bits per heavy atom. The molecule has 0 bridgehead atoms. The summed E-state index contributed by atoms with van der Waals surface area (Å²) in [7, 11) is 3.46. The zero-order valence-corrected chi connectivity index (χ0v) is 18.0. The second-order valence-electron chi connectivity index (χ2n) is 7.12. The van der Waals surface area contributed by atoms with Crippen molar-refractivity contribution in [3.05, 3.63) is 76.3 Å². The van der Waals surface area contributed by atoms with E-state index in [-0.39, 0.29) is 11.8 Å². The van der Waals surface area contributed by atoms with Gasteiger partial charge in [0.15, 0.2) is 0 Å². The monoisotopic (exact) mass is 407 g/mol. The molecule has 29 heavy (non-hydrogen) atoms. The molecule has 2 aromatic carbocycles. The Kier molecular flexibility index (Phi) is 6.44. The maximum absolute atomic E-state index is 13.0. The number of benzene rings is 2. The van der Waals surface area contributed by atoms with Gasteiger partial charge in [-0.1, -0.05) is 42.0 Å². The molecular weight excluding hydrogens is 382 g/mol. The number of nitrogens with zero attached hydrogens (tertiary/aromatic N) is 3. The third-order valence-electron chi connectivity index (χ3n) is 4.67. The van der Waals surface area contributed by atoms with E-state index < -0.39 is 0 Å². The second-order valence-corrected chi connectivity index (χ2v) is 7.98. The van der Waals surface area contributed by atoms with E-state index >= 15 is 0 Å². The Bertz CT molecular complexity index is 992. The predicted octanol–water partition coefficient (Wildman–Crippen LogP) is 4.48. The first-order valence-corrected chi connectivity index (χ1v) is 10.4. The van der Waals surface area contributed by atoms with E-state index in [0.717, 1.165) is 16.1 Å². The van der Waals surface area contributed by atoms with E-state index in [1.54, 1.807) is 36.0 Å². The second kappa shape index (κ2) is 9.01. The number of amides is 2. The van der Waals surface area contributed by atoms with Gasteiger partial charge in [-0.05, 0) is 31.5 Å². The van der Waals surface area contributed by atoms with E-state index in [2.05, 4.69) is 4.98 Å². The smallest absolute Gasteiger partial charge is 0.273 e. The quantitative estimate of drug-likeness (QED) is 0.605. The Balaban J connectivity index is 1.72. The summed E-state index contributed by atoms with van der Waals surface area (Å²) in [6, 6.07) is 15.5. The number of aromatic nitrogens is 1. The normalized spacial score (nSPS) is 10.6. The zero-order valence-electron chi connectivity index (χ0n) is 17.2. The lowest BCUT2D eigenvalue weighted by Gasteiger charge is -2.20. The van der Waals surface area contributed by atoms with Crippen LogP contribution in [-0.4, -0.2) is 47.2 Å². The SMILES string of the molecule is CCN(Cc1ccc(C(=O)N(C)C)cc1)C(=O)c1csc(-c2ccc(C)cc2)n1. The molecule has 2 amide bonds. The maximum atomic E-state index is 13.0. The summed E-state index contributed by atoms with van der Waals surface area (Å²) in [5, 5.41) is 2.66. The van der Waals surface area contributed by atoms with Crippen molar-refractivity contribution < 1.29 is 9.59 Å². The number of aryl methyl sites for hydroxylation is 1. The van der Waals surface area contributed by atoms with Crippen LogP contribution >= 0.6 is 11.3 Å². The van der Waals surface area contributed by atoms with Gasteiger partial charge in [-0.2, -0.15) is 0 Å². The molecule has 3 rings (SSSR count). The molecule has 0 N–H and O–H groups in total. The standard InChI is InChI=1S/C23H25N3O2S/c1-5-26(14-17-8-12-19(13-9-17)22(27)25(3)4)23(28)20-15-29-21(24-20)18-10-6-16(2)7-11-18/h6-13,15H,5,14H2,1-4H3. The molecule has 0 unspecified atom stereocenters. The summed E-state index contributed by atoms with van der Waals surface area (Å²) >= 11 is 1.48. The van der Waals surface area contributed by atoms with Crippen LogP contribution in [0, 0.1) is 6.92 Å². The summed E-state index contributed by atoms with van der Waals surface area (Å²) < 4.78 is 0. The van der Waals surface area contributed by atoms with Crippen molar-refractivity contribution in [1.82, 2.24) is 14.8 Å². The van der Waals surface area contributed by atoms with E-state index in [9.17, 15) is 9.59 Å². The number of rotatable bonds is 6. The zero-order chi connectivity index (χ0) is 21.0. The van der Waals surface area contributed by atoms with Crippen LogP contribution in [0.15, 0.2) is 53.9 Å². The largest absolute Gasteiger partial charge is 0.345 e. The molecule has 150 valence electrons. The van der Waals surface area contributed by atoms with Crippen LogP contribution in [0.1, 0.15) is 38.9 Å². The Morgan fingerprint density at radius 1 is 0.966 bits per heavy atom. The van der Waals surface area contributed by atoms with E-state index in [4.69, 9.17) is 0 Å². The molecule has 1 aromatic heterocycles. The predicted molar refractivity (Wildman–Crippen MR) is 117 cm³/mol. The summed E-state index contributed by atoms with van der Waals surface area (Å²) in [6.07, 6.45) is 0. The van der Waals surface area contributed by atoms with Crippen molar-refractivity contribution in [1.29, 1.82) is 0 Å². The van der Waals surface area contributed by atoms with Crippen LogP contribution in [0.5, 0.6) is 0 Å². The number of hydrogen-bond acceptors (Lipinski definition) is 4. The summed E-state index contributed by atoms with van der Waals surface area (Å²) in [5.74, 6) is -0.123. The van der Waals surface area contributed by atoms with Crippen molar-refractivity contribution in [3.63, 3.8) is 0 Å². The minimum absolute atomic E-state index is 0.0360. The summed E-state index contributed by atoms with van der Waals surface area (Å²) in [5.41, 5.74) is 4.28.